The maximum Gasteiger partial charge on any atom is 0.241 e. The summed E-state index contributed by atoms with van der Waals surface area (Å²) >= 11 is 0. The molecule has 142 valence electrons. The number of fused-ring (bicyclic) bond motifs is 1. The lowest BCUT2D eigenvalue weighted by Gasteiger charge is -2.12. The molecule has 1 amide bonds. The standard InChI is InChI=1S/C18H17FN4O3.ClH/c19-13-7-10(23-18(25)14-8-11(24)9-22-14)1-2-16(13)26-15-4-6-21-17-12(15)3-5-20-17;/h1-7,11,14,22,24H,8-9H2,(H,20,21)(H,23,25);1H/t11-,14+;/m1./s1. The Morgan fingerprint density at radius 1 is 1.30 bits per heavy atom. The number of carbonyl (C=O) groups excluding carboxylic acids is 1. The van der Waals surface area contributed by atoms with Crippen molar-refractivity contribution in [3.8, 4) is 11.5 Å². The Balaban J connectivity index is 0.00000210. The van der Waals surface area contributed by atoms with Gasteiger partial charge in [0.1, 0.15) is 11.4 Å². The molecule has 3 aromatic rings. The van der Waals surface area contributed by atoms with E-state index in [1.165, 1.54) is 12.1 Å². The molecule has 0 spiro atoms. The van der Waals surface area contributed by atoms with Gasteiger partial charge in [0.25, 0.3) is 0 Å². The molecule has 1 aromatic carbocycles. The molecule has 1 saturated heterocycles. The van der Waals surface area contributed by atoms with E-state index in [0.29, 0.717) is 30.0 Å². The quantitative estimate of drug-likeness (QED) is 0.547. The van der Waals surface area contributed by atoms with Gasteiger partial charge in [-0.25, -0.2) is 9.37 Å². The molecule has 9 heteroatoms. The molecule has 0 saturated carbocycles. The van der Waals surface area contributed by atoms with Crippen molar-refractivity contribution in [2.24, 2.45) is 0 Å². The first-order valence-corrected chi connectivity index (χ1v) is 8.22. The van der Waals surface area contributed by atoms with E-state index in [9.17, 15) is 14.3 Å². The number of aliphatic hydroxyl groups is 1. The molecule has 4 N–H and O–H groups in total. The maximum absolute atomic E-state index is 14.4. The predicted octanol–water partition coefficient (Wildman–Crippen LogP) is 2.58. The minimum atomic E-state index is -0.595. The van der Waals surface area contributed by atoms with Crippen LogP contribution in [0.2, 0.25) is 0 Å². The lowest BCUT2D eigenvalue weighted by molar-refractivity contribution is -0.117. The zero-order chi connectivity index (χ0) is 18.1. The average Bonchev–Trinajstić information content (AvgIpc) is 3.26. The summed E-state index contributed by atoms with van der Waals surface area (Å²) < 4.78 is 20.1. The van der Waals surface area contributed by atoms with E-state index in [1.54, 1.807) is 30.6 Å². The number of halogens is 2. The number of pyridine rings is 1. The van der Waals surface area contributed by atoms with Gasteiger partial charge in [-0.05, 0) is 30.7 Å². The van der Waals surface area contributed by atoms with Crippen LogP contribution in [0, 0.1) is 5.82 Å². The number of aromatic amines is 1. The van der Waals surface area contributed by atoms with Crippen molar-refractivity contribution in [1.82, 2.24) is 15.3 Å². The van der Waals surface area contributed by atoms with Crippen LogP contribution in [0.15, 0.2) is 42.7 Å². The summed E-state index contributed by atoms with van der Waals surface area (Å²) in [7, 11) is 0. The van der Waals surface area contributed by atoms with Crippen LogP contribution in [0.25, 0.3) is 11.0 Å². The summed E-state index contributed by atoms with van der Waals surface area (Å²) in [5.74, 6) is -0.373. The Morgan fingerprint density at radius 3 is 2.89 bits per heavy atom. The molecule has 1 aliphatic heterocycles. The van der Waals surface area contributed by atoms with Gasteiger partial charge in [-0.2, -0.15) is 0 Å². The largest absolute Gasteiger partial charge is 0.453 e. The molecule has 0 radical (unpaired) electrons. The number of H-pyrrole nitrogens is 1. The highest BCUT2D eigenvalue weighted by atomic mass is 35.5. The molecule has 1 aliphatic rings. The van der Waals surface area contributed by atoms with E-state index in [1.807, 2.05) is 0 Å². The highest BCUT2D eigenvalue weighted by Gasteiger charge is 2.28. The minimum absolute atomic E-state index is 0. The number of β-amino-alcohol motifs (C(OH)–C–C–N with tert-alkyl or cyclic N) is 1. The van der Waals surface area contributed by atoms with Crippen LogP contribution >= 0.6 is 12.4 Å². The van der Waals surface area contributed by atoms with Crippen molar-refractivity contribution in [3.05, 3.63) is 48.5 Å². The number of aromatic nitrogens is 2. The maximum atomic E-state index is 14.4. The third-order valence-corrected chi connectivity index (χ3v) is 4.26. The fourth-order valence-electron chi connectivity index (χ4n) is 2.95. The smallest absolute Gasteiger partial charge is 0.241 e. The summed E-state index contributed by atoms with van der Waals surface area (Å²) in [6.07, 6.45) is 3.10. The number of hydrogen-bond donors (Lipinski definition) is 4. The van der Waals surface area contributed by atoms with Gasteiger partial charge >= 0.3 is 0 Å². The Bertz CT molecular complexity index is 965. The van der Waals surface area contributed by atoms with Crippen LogP contribution in [0.3, 0.4) is 0 Å². The first-order chi connectivity index (χ1) is 12.6. The van der Waals surface area contributed by atoms with Crippen LogP contribution < -0.4 is 15.4 Å². The monoisotopic (exact) mass is 392 g/mol. The number of rotatable bonds is 4. The van der Waals surface area contributed by atoms with Gasteiger partial charge < -0.3 is 25.5 Å². The Morgan fingerprint density at radius 2 is 2.15 bits per heavy atom. The summed E-state index contributed by atoms with van der Waals surface area (Å²) in [5, 5.41) is 15.8. The van der Waals surface area contributed by atoms with Gasteiger partial charge in [-0.1, -0.05) is 0 Å². The third kappa shape index (κ3) is 4.02. The number of amides is 1. The van der Waals surface area contributed by atoms with Crippen molar-refractivity contribution in [1.29, 1.82) is 0 Å². The number of nitrogens with zero attached hydrogens (tertiary/aromatic N) is 1. The van der Waals surface area contributed by atoms with Gasteiger partial charge in [0.2, 0.25) is 5.91 Å². The molecule has 4 rings (SSSR count). The molecule has 7 nitrogen and oxygen atoms in total. The molecule has 0 unspecified atom stereocenters. The molecule has 0 bridgehead atoms. The number of benzene rings is 1. The van der Waals surface area contributed by atoms with Crippen molar-refractivity contribution >= 4 is 35.0 Å². The molecule has 2 atom stereocenters. The second-order valence-corrected chi connectivity index (χ2v) is 6.14. The highest BCUT2D eigenvalue weighted by Crippen LogP contribution is 2.31. The van der Waals surface area contributed by atoms with Crippen LogP contribution in [-0.2, 0) is 4.79 Å². The van der Waals surface area contributed by atoms with Crippen molar-refractivity contribution in [2.75, 3.05) is 11.9 Å². The lowest BCUT2D eigenvalue weighted by Crippen LogP contribution is -2.35. The van der Waals surface area contributed by atoms with E-state index < -0.39 is 18.0 Å². The van der Waals surface area contributed by atoms with Crippen LogP contribution in [0.5, 0.6) is 11.5 Å². The molecular weight excluding hydrogens is 375 g/mol. The molecule has 1 fully saturated rings. The minimum Gasteiger partial charge on any atom is -0.453 e. The highest BCUT2D eigenvalue weighted by molar-refractivity contribution is 5.95. The summed E-state index contributed by atoms with van der Waals surface area (Å²) in [5.41, 5.74) is 0.975. The lowest BCUT2D eigenvalue weighted by atomic mass is 10.2. The van der Waals surface area contributed by atoms with Crippen molar-refractivity contribution < 1.29 is 19.0 Å². The number of hydrogen-bond acceptors (Lipinski definition) is 5. The van der Waals surface area contributed by atoms with Crippen molar-refractivity contribution in [3.63, 3.8) is 0 Å². The SMILES string of the molecule is Cl.O=C(Nc1ccc(Oc2ccnc3[nH]ccc23)c(F)c1)[C@@H]1C[C@@H](O)CN1. The summed E-state index contributed by atoms with van der Waals surface area (Å²) in [6.45, 7) is 0.374. The molecule has 3 heterocycles. The average molecular weight is 393 g/mol. The Hall–Kier alpha value is -2.68. The first kappa shape index (κ1) is 19.1. The van der Waals surface area contributed by atoms with E-state index in [4.69, 9.17) is 4.74 Å². The zero-order valence-electron chi connectivity index (χ0n) is 14.1. The molecule has 27 heavy (non-hydrogen) atoms. The molecular formula is C18H18ClFN4O3. The van der Waals surface area contributed by atoms with Gasteiger partial charge in [0.05, 0.1) is 17.5 Å². The number of carbonyl (C=O) groups is 1. The normalized spacial score (nSPS) is 18.9. The van der Waals surface area contributed by atoms with E-state index in [0.717, 1.165) is 5.39 Å². The number of nitrogens with one attached hydrogen (secondary N) is 3. The van der Waals surface area contributed by atoms with Gasteiger partial charge in [0.15, 0.2) is 11.6 Å². The number of anilines is 1. The Kier molecular flexibility index (Phi) is 5.59. The number of ether oxygens (including phenoxy) is 1. The van der Waals surface area contributed by atoms with Gasteiger partial charge in [0, 0.05) is 30.7 Å². The Labute approximate surface area is 160 Å². The fourth-order valence-corrected chi connectivity index (χ4v) is 2.95. The molecule has 0 aliphatic carbocycles. The summed E-state index contributed by atoms with van der Waals surface area (Å²) in [4.78, 5) is 19.2. The van der Waals surface area contributed by atoms with Crippen LogP contribution in [-0.4, -0.2) is 39.7 Å². The second-order valence-electron chi connectivity index (χ2n) is 6.14. The predicted molar refractivity (Wildman–Crippen MR) is 101 cm³/mol. The van der Waals surface area contributed by atoms with E-state index in [2.05, 4.69) is 20.6 Å². The summed E-state index contributed by atoms with van der Waals surface area (Å²) in [6, 6.07) is 7.20. The van der Waals surface area contributed by atoms with Gasteiger partial charge in [-0.15, -0.1) is 12.4 Å². The van der Waals surface area contributed by atoms with Gasteiger partial charge in [-0.3, -0.25) is 4.79 Å². The second kappa shape index (κ2) is 7.91. The van der Waals surface area contributed by atoms with E-state index >= 15 is 0 Å². The fraction of sp³-hybridized carbons (Fsp3) is 0.222. The topological polar surface area (TPSA) is 99.3 Å². The van der Waals surface area contributed by atoms with Crippen LogP contribution in [0.1, 0.15) is 6.42 Å². The van der Waals surface area contributed by atoms with E-state index in [-0.39, 0.29) is 24.1 Å². The number of aliphatic hydroxyl groups excluding tert-OH is 1. The third-order valence-electron chi connectivity index (χ3n) is 4.26. The first-order valence-electron chi connectivity index (χ1n) is 8.22. The van der Waals surface area contributed by atoms with Crippen molar-refractivity contribution in [2.45, 2.75) is 18.6 Å². The zero-order valence-corrected chi connectivity index (χ0v) is 14.9. The molecule has 2 aromatic heterocycles. The van der Waals surface area contributed by atoms with Crippen LogP contribution in [0.4, 0.5) is 10.1 Å².